The third-order valence-corrected chi connectivity index (χ3v) is 0.837. The van der Waals surface area contributed by atoms with Gasteiger partial charge in [-0.3, -0.25) is 0 Å². The molecule has 0 aromatic rings. The molecule has 3 N–H and O–H groups in total. The molecule has 0 fully saturated rings. The SMILES string of the molecule is [203Hg+2].[CH2-]C(CNC(N)=O)OC.[Cl-]. The number of primary amides is 1. The quantitative estimate of drug-likeness (QED) is 0.401. The van der Waals surface area contributed by atoms with Crippen LogP contribution in [0.5, 0.6) is 0 Å². The summed E-state index contributed by atoms with van der Waals surface area (Å²) in [6.07, 6.45) is -0.225. The molecule has 0 rings (SSSR count). The van der Waals surface area contributed by atoms with Crippen LogP contribution in [0.4, 0.5) is 4.79 Å². The minimum Gasteiger partial charge on any atom is -1.00 e. The first-order chi connectivity index (χ1) is 4.16. The Bertz CT molecular complexity index is 104. The predicted molar refractivity (Wildman–Crippen MR) is 33.7 cm³/mol. The molecule has 0 spiro atoms. The summed E-state index contributed by atoms with van der Waals surface area (Å²) in [5.41, 5.74) is 4.76. The van der Waals surface area contributed by atoms with E-state index in [-0.39, 0.29) is 46.2 Å². The second-order valence-electron chi connectivity index (χ2n) is 1.60. The summed E-state index contributed by atoms with van der Waals surface area (Å²) < 4.78 is 4.72. The zero-order chi connectivity index (χ0) is 7.28. The van der Waals surface area contributed by atoms with Crippen LogP contribution < -0.4 is 23.5 Å². The fraction of sp³-hybridized carbons (Fsp3) is 0.600. The van der Waals surface area contributed by atoms with Gasteiger partial charge in [-0.25, -0.2) is 4.79 Å². The summed E-state index contributed by atoms with van der Waals surface area (Å²) in [5, 5.41) is 2.35. The van der Waals surface area contributed by atoms with E-state index in [0.717, 1.165) is 0 Å². The van der Waals surface area contributed by atoms with Gasteiger partial charge < -0.3 is 35.1 Å². The minimum absolute atomic E-state index is 0. The minimum atomic E-state index is -0.555. The van der Waals surface area contributed by atoms with Crippen molar-refractivity contribution in [1.82, 2.24) is 5.32 Å². The van der Waals surface area contributed by atoms with Crippen LogP contribution >= 0.6 is 0 Å². The predicted octanol–water partition coefficient (Wildman–Crippen LogP) is -3.49. The van der Waals surface area contributed by atoms with E-state index < -0.39 is 6.03 Å². The second-order valence-corrected chi connectivity index (χ2v) is 1.60. The molecule has 0 bridgehead atoms. The van der Waals surface area contributed by atoms with Crippen molar-refractivity contribution in [3.63, 3.8) is 0 Å². The molecule has 0 saturated carbocycles. The van der Waals surface area contributed by atoms with Crippen molar-refractivity contribution in [2.45, 2.75) is 6.10 Å². The molecule has 6 heteroatoms. The monoisotopic (exact) mass is 369 g/mol. The number of hydrogen-bond acceptors (Lipinski definition) is 2. The van der Waals surface area contributed by atoms with Crippen molar-refractivity contribution >= 4 is 6.03 Å². The van der Waals surface area contributed by atoms with Gasteiger partial charge in [0, 0.05) is 13.7 Å². The van der Waals surface area contributed by atoms with Gasteiger partial charge in [-0.05, 0) is 6.10 Å². The van der Waals surface area contributed by atoms with E-state index in [1.54, 1.807) is 0 Å². The van der Waals surface area contributed by atoms with Crippen LogP contribution in [0.15, 0.2) is 0 Å². The van der Waals surface area contributed by atoms with Gasteiger partial charge in [0.15, 0.2) is 0 Å². The van der Waals surface area contributed by atoms with Gasteiger partial charge in [0.25, 0.3) is 0 Å². The molecule has 0 aliphatic rings. The number of ether oxygens (including phenoxy) is 1. The number of urea groups is 1. The average molecular weight is 370 g/mol. The van der Waals surface area contributed by atoms with Gasteiger partial charge in [-0.15, -0.1) is 0 Å². The Labute approximate surface area is 93.1 Å². The first-order valence-electron chi connectivity index (χ1n) is 2.56. The number of amides is 2. The Balaban J connectivity index is -0.000000320. The van der Waals surface area contributed by atoms with Gasteiger partial charge in [0.2, 0.25) is 0 Å². The number of hydrogen-bond donors (Lipinski definition) is 2. The summed E-state index contributed by atoms with van der Waals surface area (Å²) in [6, 6.07) is -0.555. The Morgan fingerprint density at radius 1 is 1.82 bits per heavy atom. The molecule has 62 valence electrons. The number of carbonyl (C=O) groups excluding carboxylic acids is 1. The number of methoxy groups -OCH3 is 1. The molecular weight excluding hydrogens is 358 g/mol. The van der Waals surface area contributed by atoms with Crippen molar-refractivity contribution in [3.8, 4) is 0 Å². The topological polar surface area (TPSA) is 64.3 Å². The van der Waals surface area contributed by atoms with Crippen molar-refractivity contribution in [3.05, 3.63) is 6.92 Å². The maximum atomic E-state index is 10.0. The number of nitrogens with one attached hydrogen (secondary N) is 1. The van der Waals surface area contributed by atoms with E-state index in [1.807, 2.05) is 0 Å². The van der Waals surface area contributed by atoms with Crippen LogP contribution in [0, 0.1) is 6.92 Å². The fourth-order valence-electron chi connectivity index (χ4n) is 0.298. The smallest absolute Gasteiger partial charge is 1.00 e. The molecule has 4 nitrogen and oxygen atoms in total. The third kappa shape index (κ3) is 13.4. The molecule has 0 radical (unpaired) electrons. The van der Waals surface area contributed by atoms with Crippen molar-refractivity contribution < 1.29 is 49.6 Å². The van der Waals surface area contributed by atoms with E-state index >= 15 is 0 Å². The molecule has 11 heavy (non-hydrogen) atoms. The molecule has 0 aliphatic heterocycles. The van der Waals surface area contributed by atoms with Gasteiger partial charge in [-0.1, -0.05) is 0 Å². The number of carbonyl (C=O) groups is 1. The summed E-state index contributed by atoms with van der Waals surface area (Å²) in [5.74, 6) is 0. The summed E-state index contributed by atoms with van der Waals surface area (Å²) in [6.45, 7) is 3.89. The Kier molecular flexibility index (Phi) is 16.6. The molecule has 0 aliphatic carbocycles. The van der Waals surface area contributed by atoms with Crippen LogP contribution in [-0.4, -0.2) is 25.8 Å². The van der Waals surface area contributed by atoms with Crippen LogP contribution in [0.1, 0.15) is 0 Å². The summed E-state index contributed by atoms with van der Waals surface area (Å²) in [4.78, 5) is 10.0. The van der Waals surface area contributed by atoms with Gasteiger partial charge >= 0.3 is 33.7 Å². The molecule has 1 atom stereocenters. The van der Waals surface area contributed by atoms with Crippen LogP contribution in [-0.2, 0) is 32.4 Å². The van der Waals surface area contributed by atoms with Crippen LogP contribution in [0.2, 0.25) is 0 Å². The normalized spacial score (nSPS) is 10.4. The molecule has 0 saturated heterocycles. The maximum Gasteiger partial charge on any atom is 2.00 e. The van der Waals surface area contributed by atoms with E-state index in [9.17, 15) is 4.79 Å². The zero-order valence-corrected chi connectivity index (χ0v) is 12.7. The second kappa shape index (κ2) is 10.5. The molecule has 2 amide bonds. The summed E-state index contributed by atoms with van der Waals surface area (Å²) >= 11 is 0. The van der Waals surface area contributed by atoms with Crippen LogP contribution in [0.25, 0.3) is 0 Å². The van der Waals surface area contributed by atoms with Crippen molar-refractivity contribution in [1.29, 1.82) is 0 Å². The van der Waals surface area contributed by atoms with Crippen molar-refractivity contribution in [2.24, 2.45) is 5.73 Å². The summed E-state index contributed by atoms with van der Waals surface area (Å²) in [7, 11) is 1.51. The van der Waals surface area contributed by atoms with Gasteiger partial charge in [0.1, 0.15) is 0 Å². The molecule has 0 heterocycles. The van der Waals surface area contributed by atoms with Crippen LogP contribution in [0.3, 0.4) is 0 Å². The first-order valence-corrected chi connectivity index (χ1v) is 2.56. The molecule has 0 aromatic carbocycles. The Hall–Kier alpha value is 0.455. The number of rotatable bonds is 3. The van der Waals surface area contributed by atoms with E-state index in [1.165, 1.54) is 7.11 Å². The largest absolute Gasteiger partial charge is 2.00 e. The Morgan fingerprint density at radius 2 is 2.27 bits per heavy atom. The van der Waals surface area contributed by atoms with E-state index in [2.05, 4.69) is 12.2 Å². The van der Waals surface area contributed by atoms with Gasteiger partial charge in [-0.2, -0.15) is 0 Å². The number of halogens is 1. The van der Waals surface area contributed by atoms with E-state index in [0.29, 0.717) is 6.54 Å². The molecular formula is C5H11ClHgN2O2. The average Bonchev–Trinajstić information content (AvgIpc) is 1.83. The zero-order valence-electron chi connectivity index (χ0n) is 6.47. The molecule has 0 aromatic heterocycles. The van der Waals surface area contributed by atoms with Crippen molar-refractivity contribution in [2.75, 3.05) is 13.7 Å². The van der Waals surface area contributed by atoms with E-state index in [4.69, 9.17) is 10.5 Å². The maximum absolute atomic E-state index is 10.0. The molecule has 1 unspecified atom stereocenters. The van der Waals surface area contributed by atoms with Gasteiger partial charge in [0.05, 0.1) is 0 Å². The number of nitrogens with two attached hydrogens (primary N) is 1. The Morgan fingerprint density at radius 3 is 2.55 bits per heavy atom. The first kappa shape index (κ1) is 17.5. The standard InChI is InChI=1S/C5H11N2O2.ClH.Hg/c1-4(9-2)3-7-5(6)8;;/h4H,1,3H2,2H3,(H3,6,7,8);1H;/q-1;;+2/p-1/i;;1+2. The fourth-order valence-corrected chi connectivity index (χ4v) is 0.298. The third-order valence-electron chi connectivity index (χ3n) is 0.837.